The highest BCUT2D eigenvalue weighted by Gasteiger charge is 2.03. The van der Waals surface area contributed by atoms with Crippen molar-refractivity contribution >= 4 is 11.7 Å². The van der Waals surface area contributed by atoms with Crippen LogP contribution < -0.4 is 11.1 Å². The fourth-order valence-corrected chi connectivity index (χ4v) is 0.546. The highest BCUT2D eigenvalue weighted by atomic mass is 16.1. The maximum atomic E-state index is 10.7. The minimum Gasteiger partial charge on any atom is -0.387 e. The monoisotopic (exact) mass is 143 g/mol. The second-order valence-electron chi connectivity index (χ2n) is 2.42. The summed E-state index contributed by atoms with van der Waals surface area (Å²) in [6, 6.07) is 0.117. The Labute approximate surface area is 60.3 Å². The Hall–Kier alpha value is -1.06. The molecule has 0 aliphatic rings. The van der Waals surface area contributed by atoms with Crippen molar-refractivity contribution in [2.24, 2.45) is 5.73 Å². The lowest BCUT2D eigenvalue weighted by atomic mass is 10.3. The van der Waals surface area contributed by atoms with E-state index in [0.29, 0.717) is 0 Å². The summed E-state index contributed by atoms with van der Waals surface area (Å²) < 4.78 is 0. The summed E-state index contributed by atoms with van der Waals surface area (Å²) in [6.07, 6.45) is -0.00181. The van der Waals surface area contributed by atoms with Crippen molar-refractivity contribution in [1.82, 2.24) is 5.32 Å². The fraction of sp³-hybridized carbons (Fsp3) is 0.667. The number of hydrogen-bond acceptors (Lipinski definition) is 2. The van der Waals surface area contributed by atoms with Crippen molar-refractivity contribution in [1.29, 1.82) is 5.41 Å². The smallest absolute Gasteiger partial charge is 0.227 e. The first kappa shape index (κ1) is 8.94. The Bertz CT molecular complexity index is 142. The molecule has 0 aromatic carbocycles. The van der Waals surface area contributed by atoms with E-state index in [1.54, 1.807) is 0 Å². The van der Waals surface area contributed by atoms with Gasteiger partial charge in [-0.15, -0.1) is 0 Å². The number of hydrogen-bond donors (Lipinski definition) is 3. The van der Waals surface area contributed by atoms with Gasteiger partial charge in [-0.1, -0.05) is 0 Å². The lowest BCUT2D eigenvalue weighted by Crippen LogP contribution is -2.33. The number of amidine groups is 1. The first-order valence-corrected chi connectivity index (χ1v) is 3.14. The van der Waals surface area contributed by atoms with Crippen LogP contribution in [0.3, 0.4) is 0 Å². The molecular weight excluding hydrogens is 130 g/mol. The quantitative estimate of drug-likeness (QED) is 0.379. The average Bonchev–Trinajstić information content (AvgIpc) is 1.58. The molecule has 0 aromatic rings. The molecule has 58 valence electrons. The number of carbonyl (C=O) groups is 1. The van der Waals surface area contributed by atoms with E-state index in [4.69, 9.17) is 11.1 Å². The topological polar surface area (TPSA) is 79.0 Å². The zero-order chi connectivity index (χ0) is 8.15. The molecule has 0 aromatic heterocycles. The van der Waals surface area contributed by atoms with Gasteiger partial charge in [0.1, 0.15) is 0 Å². The summed E-state index contributed by atoms with van der Waals surface area (Å²) in [4.78, 5) is 10.7. The summed E-state index contributed by atoms with van der Waals surface area (Å²) in [7, 11) is 0. The van der Waals surface area contributed by atoms with E-state index in [1.807, 2.05) is 13.8 Å². The number of rotatable bonds is 3. The lowest BCUT2D eigenvalue weighted by Gasteiger charge is -2.06. The number of nitrogens with two attached hydrogens (primary N) is 1. The van der Waals surface area contributed by atoms with Crippen LogP contribution in [0.1, 0.15) is 20.3 Å². The van der Waals surface area contributed by atoms with Gasteiger partial charge in [0.25, 0.3) is 0 Å². The summed E-state index contributed by atoms with van der Waals surface area (Å²) in [5, 5.41) is 9.40. The molecule has 4 heteroatoms. The van der Waals surface area contributed by atoms with E-state index < -0.39 is 0 Å². The summed E-state index contributed by atoms with van der Waals surface area (Å²) in [6.45, 7) is 3.72. The summed E-state index contributed by atoms with van der Waals surface area (Å²) in [5.41, 5.74) is 4.99. The molecule has 1 amide bonds. The predicted octanol–water partition coefficient (Wildman–Crippen LogP) is -0.163. The van der Waals surface area contributed by atoms with Gasteiger partial charge < -0.3 is 11.1 Å². The molecule has 0 aliphatic carbocycles. The first-order valence-electron chi connectivity index (χ1n) is 3.14. The van der Waals surface area contributed by atoms with E-state index in [-0.39, 0.29) is 24.2 Å². The van der Waals surface area contributed by atoms with Gasteiger partial charge in [0, 0.05) is 6.04 Å². The minimum atomic E-state index is -0.192. The molecule has 0 fully saturated rings. The van der Waals surface area contributed by atoms with Gasteiger partial charge >= 0.3 is 0 Å². The van der Waals surface area contributed by atoms with Gasteiger partial charge in [-0.25, -0.2) is 0 Å². The number of amides is 1. The molecule has 4 nitrogen and oxygen atoms in total. The van der Waals surface area contributed by atoms with Gasteiger partial charge in [0.2, 0.25) is 5.91 Å². The second-order valence-corrected chi connectivity index (χ2v) is 2.42. The van der Waals surface area contributed by atoms with E-state index in [1.165, 1.54) is 0 Å². The third-order valence-corrected chi connectivity index (χ3v) is 0.801. The molecule has 0 saturated heterocycles. The Morgan fingerprint density at radius 3 is 2.50 bits per heavy atom. The Kier molecular flexibility index (Phi) is 3.46. The van der Waals surface area contributed by atoms with Crippen LogP contribution in [0.15, 0.2) is 0 Å². The molecule has 0 aliphatic heterocycles. The van der Waals surface area contributed by atoms with Gasteiger partial charge in [0.05, 0.1) is 12.3 Å². The molecule has 0 spiro atoms. The molecule has 0 saturated carbocycles. The zero-order valence-electron chi connectivity index (χ0n) is 6.27. The van der Waals surface area contributed by atoms with Crippen LogP contribution in [-0.2, 0) is 4.79 Å². The maximum Gasteiger partial charge on any atom is 0.227 e. The summed E-state index contributed by atoms with van der Waals surface area (Å²) in [5.74, 6) is -0.291. The molecular formula is C6H13N3O. The van der Waals surface area contributed by atoms with E-state index >= 15 is 0 Å². The van der Waals surface area contributed by atoms with Gasteiger partial charge in [-0.3, -0.25) is 10.2 Å². The van der Waals surface area contributed by atoms with Crippen LogP contribution in [0.25, 0.3) is 0 Å². The maximum absolute atomic E-state index is 10.7. The predicted molar refractivity (Wildman–Crippen MR) is 39.8 cm³/mol. The lowest BCUT2D eigenvalue weighted by molar-refractivity contribution is -0.120. The van der Waals surface area contributed by atoms with Crippen LogP contribution in [0.4, 0.5) is 0 Å². The SMILES string of the molecule is CC(C)NC(=O)CC(=N)N. The van der Waals surface area contributed by atoms with Gasteiger partial charge in [0.15, 0.2) is 0 Å². The van der Waals surface area contributed by atoms with Crippen LogP contribution in [-0.4, -0.2) is 17.8 Å². The van der Waals surface area contributed by atoms with E-state index in [2.05, 4.69) is 5.32 Å². The van der Waals surface area contributed by atoms with Crippen molar-refractivity contribution in [3.05, 3.63) is 0 Å². The molecule has 0 radical (unpaired) electrons. The Balaban J connectivity index is 3.54. The normalized spacial score (nSPS) is 9.50. The molecule has 4 N–H and O–H groups in total. The van der Waals surface area contributed by atoms with Crippen LogP contribution in [0, 0.1) is 5.41 Å². The zero-order valence-corrected chi connectivity index (χ0v) is 6.27. The van der Waals surface area contributed by atoms with Crippen LogP contribution in [0.5, 0.6) is 0 Å². The van der Waals surface area contributed by atoms with Crippen molar-refractivity contribution in [2.45, 2.75) is 26.3 Å². The molecule has 0 atom stereocenters. The molecule has 0 unspecified atom stereocenters. The van der Waals surface area contributed by atoms with Crippen molar-refractivity contribution < 1.29 is 4.79 Å². The Morgan fingerprint density at radius 2 is 2.20 bits per heavy atom. The standard InChI is InChI=1S/C6H13N3O/c1-4(2)9-6(10)3-5(7)8/h4H,3H2,1-2H3,(H3,7,8)(H,9,10). The molecule has 10 heavy (non-hydrogen) atoms. The van der Waals surface area contributed by atoms with Crippen LogP contribution >= 0.6 is 0 Å². The largest absolute Gasteiger partial charge is 0.387 e. The fourth-order valence-electron chi connectivity index (χ4n) is 0.546. The first-order chi connectivity index (χ1) is 4.52. The number of carbonyl (C=O) groups excluding carboxylic acids is 1. The molecule has 0 bridgehead atoms. The average molecular weight is 143 g/mol. The van der Waals surface area contributed by atoms with Crippen molar-refractivity contribution in [2.75, 3.05) is 0 Å². The third kappa shape index (κ3) is 5.08. The third-order valence-electron chi connectivity index (χ3n) is 0.801. The van der Waals surface area contributed by atoms with Gasteiger partial charge in [-0.05, 0) is 13.8 Å². The van der Waals surface area contributed by atoms with E-state index in [0.717, 1.165) is 0 Å². The second kappa shape index (κ2) is 3.87. The Morgan fingerprint density at radius 1 is 1.70 bits per heavy atom. The van der Waals surface area contributed by atoms with Gasteiger partial charge in [-0.2, -0.15) is 0 Å². The highest BCUT2D eigenvalue weighted by Crippen LogP contribution is 1.81. The number of nitrogens with one attached hydrogen (secondary N) is 2. The van der Waals surface area contributed by atoms with E-state index in [9.17, 15) is 4.79 Å². The minimum absolute atomic E-state index is 0.00181. The van der Waals surface area contributed by atoms with Crippen LogP contribution in [0.2, 0.25) is 0 Å². The van der Waals surface area contributed by atoms with Crippen molar-refractivity contribution in [3.8, 4) is 0 Å². The summed E-state index contributed by atoms with van der Waals surface area (Å²) >= 11 is 0. The molecule has 0 rings (SSSR count). The molecule has 0 heterocycles. The highest BCUT2D eigenvalue weighted by molar-refractivity contribution is 5.97. The van der Waals surface area contributed by atoms with Crippen molar-refractivity contribution in [3.63, 3.8) is 0 Å².